The zero-order valence-electron chi connectivity index (χ0n) is 17.1. The summed E-state index contributed by atoms with van der Waals surface area (Å²) in [5.74, 6) is 4.35. The summed E-state index contributed by atoms with van der Waals surface area (Å²) in [5.41, 5.74) is 1.04. The van der Waals surface area contributed by atoms with Crippen LogP contribution in [-0.2, 0) is 6.54 Å². The van der Waals surface area contributed by atoms with Gasteiger partial charge < -0.3 is 24.8 Å². The molecule has 1 aromatic carbocycles. The van der Waals surface area contributed by atoms with Crippen LogP contribution in [0.2, 0.25) is 0 Å². The van der Waals surface area contributed by atoms with Crippen molar-refractivity contribution in [1.29, 1.82) is 0 Å². The van der Waals surface area contributed by atoms with Gasteiger partial charge in [0.1, 0.15) is 0 Å². The largest absolute Gasteiger partial charge is 0.493 e. The second-order valence-corrected chi connectivity index (χ2v) is 6.97. The quantitative estimate of drug-likeness (QED) is 0.345. The molecule has 0 atom stereocenters. The summed E-state index contributed by atoms with van der Waals surface area (Å²) in [5, 5.41) is 6.82. The summed E-state index contributed by atoms with van der Waals surface area (Å²) in [4.78, 5) is 4.33. The Morgan fingerprint density at radius 2 is 1.59 bits per heavy atom. The highest BCUT2D eigenvalue weighted by Crippen LogP contribution is 2.38. The standard InChI is InChI=1S/C20H33N3O3.HI/c1-14-6-8-15(9-7-14)12-22-20(21-2)23-13-16-10-17(24-3)19(26-5)18(11-16)25-4;/h10-11,14-15H,6-9,12-13H2,1-5H3,(H2,21,22,23);1H. The van der Waals surface area contributed by atoms with Gasteiger partial charge in [-0.2, -0.15) is 0 Å². The van der Waals surface area contributed by atoms with Crippen molar-refractivity contribution in [1.82, 2.24) is 10.6 Å². The van der Waals surface area contributed by atoms with Crippen LogP contribution in [0.1, 0.15) is 38.2 Å². The van der Waals surface area contributed by atoms with E-state index in [2.05, 4.69) is 22.5 Å². The van der Waals surface area contributed by atoms with Gasteiger partial charge in [-0.15, -0.1) is 24.0 Å². The van der Waals surface area contributed by atoms with Crippen LogP contribution < -0.4 is 24.8 Å². The summed E-state index contributed by atoms with van der Waals surface area (Å²) >= 11 is 0. The molecule has 0 unspecified atom stereocenters. The summed E-state index contributed by atoms with van der Waals surface area (Å²) < 4.78 is 16.2. The molecule has 2 N–H and O–H groups in total. The van der Waals surface area contributed by atoms with Crippen molar-refractivity contribution in [2.24, 2.45) is 16.8 Å². The number of nitrogens with one attached hydrogen (secondary N) is 2. The van der Waals surface area contributed by atoms with Gasteiger partial charge in [0, 0.05) is 20.1 Å². The topological polar surface area (TPSA) is 64.1 Å². The molecule has 0 heterocycles. The van der Waals surface area contributed by atoms with E-state index in [0.29, 0.717) is 23.8 Å². The van der Waals surface area contributed by atoms with E-state index in [1.165, 1.54) is 25.7 Å². The third kappa shape index (κ3) is 6.93. The lowest BCUT2D eigenvalue weighted by Gasteiger charge is -2.26. The molecule has 6 nitrogen and oxygen atoms in total. The SMILES string of the molecule is CN=C(NCc1cc(OC)c(OC)c(OC)c1)NCC1CCC(C)CC1.I. The Labute approximate surface area is 180 Å². The first-order valence-corrected chi connectivity index (χ1v) is 9.34. The molecule has 0 amide bonds. The highest BCUT2D eigenvalue weighted by Gasteiger charge is 2.18. The number of aliphatic imine (C=N–C) groups is 1. The lowest BCUT2D eigenvalue weighted by molar-refractivity contribution is 0.289. The maximum Gasteiger partial charge on any atom is 0.203 e. The first kappa shape index (κ1) is 23.7. The first-order chi connectivity index (χ1) is 12.6. The Kier molecular flexibility index (Phi) is 10.6. The Balaban J connectivity index is 0.00000364. The molecule has 1 aromatic rings. The predicted octanol–water partition coefficient (Wildman–Crippen LogP) is 3.82. The second kappa shape index (κ2) is 12.2. The van der Waals surface area contributed by atoms with Crippen LogP contribution in [0.3, 0.4) is 0 Å². The van der Waals surface area contributed by atoms with E-state index in [9.17, 15) is 0 Å². The van der Waals surface area contributed by atoms with E-state index >= 15 is 0 Å². The van der Waals surface area contributed by atoms with Crippen LogP contribution in [-0.4, -0.2) is 40.9 Å². The Morgan fingerprint density at radius 3 is 2.07 bits per heavy atom. The van der Waals surface area contributed by atoms with Crippen molar-refractivity contribution >= 4 is 29.9 Å². The molecule has 27 heavy (non-hydrogen) atoms. The molecule has 0 aromatic heterocycles. The van der Waals surface area contributed by atoms with Crippen LogP contribution in [0.25, 0.3) is 0 Å². The van der Waals surface area contributed by atoms with E-state index in [1.807, 2.05) is 12.1 Å². The van der Waals surface area contributed by atoms with Crippen LogP contribution >= 0.6 is 24.0 Å². The number of rotatable bonds is 7. The average Bonchev–Trinajstić information content (AvgIpc) is 2.68. The lowest BCUT2D eigenvalue weighted by Crippen LogP contribution is -2.40. The predicted molar refractivity (Wildman–Crippen MR) is 121 cm³/mol. The minimum atomic E-state index is 0. The number of methoxy groups -OCH3 is 3. The van der Waals surface area contributed by atoms with E-state index in [4.69, 9.17) is 14.2 Å². The van der Waals surface area contributed by atoms with Gasteiger partial charge in [-0.1, -0.05) is 19.8 Å². The van der Waals surface area contributed by atoms with E-state index in [1.54, 1.807) is 28.4 Å². The lowest BCUT2D eigenvalue weighted by atomic mass is 9.83. The number of guanidine groups is 1. The third-order valence-electron chi connectivity index (χ3n) is 5.10. The zero-order chi connectivity index (χ0) is 18.9. The third-order valence-corrected chi connectivity index (χ3v) is 5.10. The summed E-state index contributed by atoms with van der Waals surface area (Å²) in [6, 6.07) is 3.90. The second-order valence-electron chi connectivity index (χ2n) is 6.97. The number of benzene rings is 1. The summed E-state index contributed by atoms with van der Waals surface area (Å²) in [6.07, 6.45) is 5.28. The molecule has 154 valence electrons. The summed E-state index contributed by atoms with van der Waals surface area (Å²) in [6.45, 7) is 3.95. The van der Waals surface area contributed by atoms with Crippen molar-refractivity contribution < 1.29 is 14.2 Å². The van der Waals surface area contributed by atoms with Crippen LogP contribution in [0, 0.1) is 11.8 Å². The minimum absolute atomic E-state index is 0. The molecule has 2 rings (SSSR count). The molecule has 0 spiro atoms. The van der Waals surface area contributed by atoms with Gasteiger partial charge in [-0.3, -0.25) is 4.99 Å². The number of hydrogen-bond acceptors (Lipinski definition) is 4. The number of halogens is 1. The van der Waals surface area contributed by atoms with Gasteiger partial charge in [0.15, 0.2) is 17.5 Å². The van der Waals surface area contributed by atoms with E-state index in [-0.39, 0.29) is 24.0 Å². The maximum absolute atomic E-state index is 5.41. The Morgan fingerprint density at radius 1 is 1.00 bits per heavy atom. The highest BCUT2D eigenvalue weighted by atomic mass is 127. The fourth-order valence-corrected chi connectivity index (χ4v) is 3.42. The first-order valence-electron chi connectivity index (χ1n) is 9.34. The summed E-state index contributed by atoms with van der Waals surface area (Å²) in [7, 11) is 6.66. The molecular weight excluding hydrogens is 457 g/mol. The molecular formula is C20H34IN3O3. The molecule has 1 aliphatic carbocycles. The van der Waals surface area contributed by atoms with Gasteiger partial charge in [0.05, 0.1) is 21.3 Å². The van der Waals surface area contributed by atoms with E-state index in [0.717, 1.165) is 29.9 Å². The van der Waals surface area contributed by atoms with Crippen LogP contribution in [0.15, 0.2) is 17.1 Å². The van der Waals surface area contributed by atoms with Gasteiger partial charge in [-0.25, -0.2) is 0 Å². The molecule has 1 saturated carbocycles. The molecule has 0 bridgehead atoms. The Hall–Kier alpha value is -1.38. The maximum atomic E-state index is 5.41. The fraction of sp³-hybridized carbons (Fsp3) is 0.650. The van der Waals surface area contributed by atoms with Crippen LogP contribution in [0.5, 0.6) is 17.2 Å². The fourth-order valence-electron chi connectivity index (χ4n) is 3.42. The van der Waals surface area contributed by atoms with E-state index < -0.39 is 0 Å². The van der Waals surface area contributed by atoms with Gasteiger partial charge in [0.25, 0.3) is 0 Å². The van der Waals surface area contributed by atoms with Crippen molar-refractivity contribution in [3.8, 4) is 17.2 Å². The number of nitrogens with zero attached hydrogens (tertiary/aromatic N) is 1. The average molecular weight is 491 g/mol. The molecule has 0 saturated heterocycles. The molecule has 0 aliphatic heterocycles. The minimum Gasteiger partial charge on any atom is -0.493 e. The molecule has 0 radical (unpaired) electrons. The normalized spacial score (nSPS) is 19.7. The molecule has 7 heteroatoms. The number of ether oxygens (including phenoxy) is 3. The molecule has 1 fully saturated rings. The van der Waals surface area contributed by atoms with Gasteiger partial charge in [-0.05, 0) is 42.4 Å². The van der Waals surface area contributed by atoms with Crippen molar-refractivity contribution in [2.75, 3.05) is 34.9 Å². The number of hydrogen-bond donors (Lipinski definition) is 2. The monoisotopic (exact) mass is 491 g/mol. The Bertz CT molecular complexity index is 577. The van der Waals surface area contributed by atoms with Gasteiger partial charge >= 0.3 is 0 Å². The van der Waals surface area contributed by atoms with Gasteiger partial charge in [0.2, 0.25) is 5.75 Å². The zero-order valence-corrected chi connectivity index (χ0v) is 19.5. The van der Waals surface area contributed by atoms with Crippen molar-refractivity contribution in [2.45, 2.75) is 39.2 Å². The highest BCUT2D eigenvalue weighted by molar-refractivity contribution is 14.0. The van der Waals surface area contributed by atoms with Crippen LogP contribution in [0.4, 0.5) is 0 Å². The molecule has 1 aliphatic rings. The smallest absolute Gasteiger partial charge is 0.203 e. The van der Waals surface area contributed by atoms with Crippen molar-refractivity contribution in [3.63, 3.8) is 0 Å². The van der Waals surface area contributed by atoms with Crippen molar-refractivity contribution in [3.05, 3.63) is 17.7 Å².